The minimum atomic E-state index is 0.0711. The molecule has 18 heavy (non-hydrogen) atoms. The Labute approximate surface area is 107 Å². The lowest BCUT2D eigenvalue weighted by molar-refractivity contribution is 0.0993. The first-order chi connectivity index (χ1) is 8.58. The molecule has 0 saturated heterocycles. The van der Waals surface area contributed by atoms with Gasteiger partial charge < -0.3 is 5.73 Å². The molecule has 2 aromatic carbocycles. The summed E-state index contributed by atoms with van der Waals surface area (Å²) >= 11 is 0. The maximum absolute atomic E-state index is 12.2. The van der Waals surface area contributed by atoms with Crippen LogP contribution in [0.25, 0.3) is 0 Å². The fourth-order valence-corrected chi connectivity index (χ4v) is 2.01. The highest BCUT2D eigenvalue weighted by Gasteiger charge is 2.11. The predicted molar refractivity (Wildman–Crippen MR) is 74.8 cm³/mol. The number of para-hydroxylation sites is 1. The Hall–Kier alpha value is -2.09. The molecule has 2 aromatic rings. The summed E-state index contributed by atoms with van der Waals surface area (Å²) in [5.74, 6) is 0.0711. The van der Waals surface area contributed by atoms with Gasteiger partial charge in [0.15, 0.2) is 5.78 Å². The maximum atomic E-state index is 12.2. The van der Waals surface area contributed by atoms with E-state index in [1.807, 2.05) is 32.0 Å². The fraction of sp³-hybridized carbons (Fsp3) is 0.188. The van der Waals surface area contributed by atoms with Crippen LogP contribution in [0.2, 0.25) is 0 Å². The van der Waals surface area contributed by atoms with E-state index >= 15 is 0 Å². The zero-order chi connectivity index (χ0) is 13.1. The zero-order valence-corrected chi connectivity index (χ0v) is 10.7. The van der Waals surface area contributed by atoms with Crippen molar-refractivity contribution in [1.29, 1.82) is 0 Å². The molecule has 0 aliphatic carbocycles. The molecule has 0 fully saturated rings. The number of Topliss-reactive ketones (excluding diaryl/α,β-unsaturated/α-hetero) is 1. The van der Waals surface area contributed by atoms with Gasteiger partial charge in [-0.25, -0.2) is 0 Å². The van der Waals surface area contributed by atoms with Crippen molar-refractivity contribution in [2.75, 3.05) is 5.73 Å². The van der Waals surface area contributed by atoms with Gasteiger partial charge in [0.2, 0.25) is 0 Å². The third kappa shape index (κ3) is 2.59. The van der Waals surface area contributed by atoms with E-state index in [0.29, 0.717) is 17.7 Å². The lowest BCUT2D eigenvalue weighted by Gasteiger charge is -2.08. The van der Waals surface area contributed by atoms with Crippen molar-refractivity contribution in [3.05, 3.63) is 64.7 Å². The van der Waals surface area contributed by atoms with Crippen molar-refractivity contribution in [2.45, 2.75) is 20.3 Å². The summed E-state index contributed by atoms with van der Waals surface area (Å²) < 4.78 is 0. The summed E-state index contributed by atoms with van der Waals surface area (Å²) in [5.41, 5.74) is 10.4. The number of carbonyl (C=O) groups is 1. The molecule has 0 unspecified atom stereocenters. The van der Waals surface area contributed by atoms with E-state index in [1.54, 1.807) is 12.1 Å². The number of benzene rings is 2. The molecule has 0 bridgehead atoms. The number of rotatable bonds is 3. The number of carbonyl (C=O) groups excluding carboxylic acids is 1. The quantitative estimate of drug-likeness (QED) is 0.659. The van der Waals surface area contributed by atoms with Gasteiger partial charge in [-0.05, 0) is 37.1 Å². The second-order valence-electron chi connectivity index (χ2n) is 4.62. The lowest BCUT2D eigenvalue weighted by Crippen LogP contribution is -2.08. The van der Waals surface area contributed by atoms with Crippen LogP contribution in [0.3, 0.4) is 0 Å². The molecule has 92 valence electrons. The molecule has 0 saturated carbocycles. The first-order valence-corrected chi connectivity index (χ1v) is 6.02. The molecule has 2 nitrogen and oxygen atoms in total. The van der Waals surface area contributed by atoms with E-state index < -0.39 is 0 Å². The van der Waals surface area contributed by atoms with Crippen molar-refractivity contribution in [1.82, 2.24) is 0 Å². The van der Waals surface area contributed by atoms with Gasteiger partial charge in [0.05, 0.1) is 0 Å². The smallest absolute Gasteiger partial charge is 0.169 e. The van der Waals surface area contributed by atoms with Crippen LogP contribution in [0.1, 0.15) is 27.0 Å². The molecule has 0 heterocycles. The summed E-state index contributed by atoms with van der Waals surface area (Å²) in [6.45, 7) is 4.06. The van der Waals surface area contributed by atoms with Crippen molar-refractivity contribution < 1.29 is 4.79 Å². The van der Waals surface area contributed by atoms with Gasteiger partial charge in [-0.3, -0.25) is 4.79 Å². The van der Waals surface area contributed by atoms with Gasteiger partial charge >= 0.3 is 0 Å². The van der Waals surface area contributed by atoms with Gasteiger partial charge in [-0.2, -0.15) is 0 Å². The Morgan fingerprint density at radius 1 is 1.11 bits per heavy atom. The highest BCUT2D eigenvalue weighted by Crippen LogP contribution is 2.17. The highest BCUT2D eigenvalue weighted by molar-refractivity contribution is 6.02. The maximum Gasteiger partial charge on any atom is 0.169 e. The average Bonchev–Trinajstić information content (AvgIpc) is 2.34. The molecule has 0 amide bonds. The van der Waals surface area contributed by atoms with Crippen LogP contribution in [-0.2, 0) is 6.42 Å². The van der Waals surface area contributed by atoms with E-state index in [-0.39, 0.29) is 5.78 Å². The topological polar surface area (TPSA) is 43.1 Å². The van der Waals surface area contributed by atoms with E-state index in [2.05, 4.69) is 12.1 Å². The molecule has 2 N–H and O–H groups in total. The third-order valence-corrected chi connectivity index (χ3v) is 3.12. The first kappa shape index (κ1) is 12.4. The Bertz CT molecular complexity index is 587. The van der Waals surface area contributed by atoms with E-state index in [0.717, 1.165) is 11.1 Å². The Kier molecular flexibility index (Phi) is 3.47. The van der Waals surface area contributed by atoms with Gasteiger partial charge in [0, 0.05) is 17.7 Å². The van der Waals surface area contributed by atoms with Crippen LogP contribution in [0.15, 0.2) is 42.5 Å². The lowest BCUT2D eigenvalue weighted by atomic mass is 9.97. The normalized spacial score (nSPS) is 10.3. The summed E-state index contributed by atoms with van der Waals surface area (Å²) in [7, 11) is 0. The van der Waals surface area contributed by atoms with E-state index in [4.69, 9.17) is 5.73 Å². The summed E-state index contributed by atoms with van der Waals surface area (Å²) in [6, 6.07) is 13.4. The molecule has 2 rings (SSSR count). The number of hydrogen-bond donors (Lipinski definition) is 1. The molecule has 0 aromatic heterocycles. The van der Waals surface area contributed by atoms with Gasteiger partial charge in [-0.15, -0.1) is 0 Å². The first-order valence-electron chi connectivity index (χ1n) is 6.02. The van der Waals surface area contributed by atoms with Crippen LogP contribution < -0.4 is 5.73 Å². The Morgan fingerprint density at radius 3 is 2.56 bits per heavy atom. The van der Waals surface area contributed by atoms with Crippen LogP contribution >= 0.6 is 0 Å². The van der Waals surface area contributed by atoms with E-state index in [1.165, 1.54) is 5.56 Å². The zero-order valence-electron chi connectivity index (χ0n) is 10.7. The number of nitrogens with two attached hydrogens (primary N) is 1. The SMILES string of the molecule is Cc1ccc(C)c(CC(=O)c2ccccc2N)c1. The molecule has 0 aliphatic rings. The molecule has 0 atom stereocenters. The predicted octanol–water partition coefficient (Wildman–Crippen LogP) is 3.31. The van der Waals surface area contributed by atoms with Gasteiger partial charge in [0.25, 0.3) is 0 Å². The Balaban J connectivity index is 2.27. The number of nitrogen functional groups attached to an aromatic ring is 1. The van der Waals surface area contributed by atoms with Crippen molar-refractivity contribution >= 4 is 11.5 Å². The third-order valence-electron chi connectivity index (χ3n) is 3.12. The van der Waals surface area contributed by atoms with Gasteiger partial charge in [-0.1, -0.05) is 35.9 Å². The summed E-state index contributed by atoms with van der Waals surface area (Å²) in [6.07, 6.45) is 0.404. The van der Waals surface area contributed by atoms with Gasteiger partial charge in [0.1, 0.15) is 0 Å². The number of ketones is 1. The van der Waals surface area contributed by atoms with Crippen molar-refractivity contribution in [2.24, 2.45) is 0 Å². The van der Waals surface area contributed by atoms with E-state index in [9.17, 15) is 4.79 Å². The second kappa shape index (κ2) is 5.05. The largest absolute Gasteiger partial charge is 0.398 e. The molecule has 0 spiro atoms. The molecule has 0 aliphatic heterocycles. The van der Waals surface area contributed by atoms with Crippen LogP contribution in [-0.4, -0.2) is 5.78 Å². The summed E-state index contributed by atoms with van der Waals surface area (Å²) in [5, 5.41) is 0. The molecular weight excluding hydrogens is 222 g/mol. The van der Waals surface area contributed by atoms with Crippen LogP contribution in [0.4, 0.5) is 5.69 Å². The number of aryl methyl sites for hydroxylation is 2. The van der Waals surface area contributed by atoms with Crippen LogP contribution in [0, 0.1) is 13.8 Å². The number of anilines is 1. The minimum absolute atomic E-state index is 0.0711. The standard InChI is InChI=1S/C16H17NO/c1-11-7-8-12(2)13(9-11)10-16(18)14-5-3-4-6-15(14)17/h3-9H,10,17H2,1-2H3. The highest BCUT2D eigenvalue weighted by atomic mass is 16.1. The fourth-order valence-electron chi connectivity index (χ4n) is 2.01. The number of hydrogen-bond acceptors (Lipinski definition) is 2. The molecule has 0 radical (unpaired) electrons. The minimum Gasteiger partial charge on any atom is -0.398 e. The van der Waals surface area contributed by atoms with Crippen molar-refractivity contribution in [3.8, 4) is 0 Å². The monoisotopic (exact) mass is 239 g/mol. The Morgan fingerprint density at radius 2 is 1.83 bits per heavy atom. The molecule has 2 heteroatoms. The van der Waals surface area contributed by atoms with Crippen molar-refractivity contribution in [3.63, 3.8) is 0 Å². The molecular formula is C16H17NO. The average molecular weight is 239 g/mol. The second-order valence-corrected chi connectivity index (χ2v) is 4.62. The summed E-state index contributed by atoms with van der Waals surface area (Å²) in [4.78, 5) is 12.2. The van der Waals surface area contributed by atoms with Crippen LogP contribution in [0.5, 0.6) is 0 Å².